The molecule has 0 spiro atoms. The van der Waals surface area contributed by atoms with Gasteiger partial charge in [0.2, 0.25) is 15.9 Å². The largest absolute Gasteiger partial charge is 0.326 e. The van der Waals surface area contributed by atoms with Crippen LogP contribution in [0, 0.1) is 6.92 Å². The van der Waals surface area contributed by atoms with Crippen LogP contribution < -0.4 is 5.32 Å². The molecule has 0 saturated carbocycles. The molecule has 0 fully saturated rings. The highest BCUT2D eigenvalue weighted by Crippen LogP contribution is 2.21. The van der Waals surface area contributed by atoms with Crippen molar-refractivity contribution in [3.05, 3.63) is 29.3 Å². The standard InChI is InChI=1S/C14H22N2O3S/c1-5-12-8-6-7-11(2)14(12)15-13(17)9-10-20(18,19)16(3)4/h6-8H,5,9-10H2,1-4H3,(H,15,17). The predicted octanol–water partition coefficient (Wildman–Crippen LogP) is 1.78. The number of hydrogen-bond donors (Lipinski definition) is 1. The number of nitrogens with zero attached hydrogens (tertiary/aromatic N) is 1. The summed E-state index contributed by atoms with van der Waals surface area (Å²) < 4.78 is 24.4. The van der Waals surface area contributed by atoms with Crippen LogP contribution in [0.15, 0.2) is 18.2 Å². The lowest BCUT2D eigenvalue weighted by Gasteiger charge is -2.14. The van der Waals surface area contributed by atoms with E-state index in [9.17, 15) is 13.2 Å². The minimum atomic E-state index is -3.34. The SMILES string of the molecule is CCc1cccc(C)c1NC(=O)CCS(=O)(=O)N(C)C. The van der Waals surface area contributed by atoms with E-state index in [0.717, 1.165) is 27.5 Å². The van der Waals surface area contributed by atoms with Gasteiger partial charge in [-0.05, 0) is 24.5 Å². The average Bonchev–Trinajstić information content (AvgIpc) is 2.38. The molecule has 0 radical (unpaired) electrons. The fraction of sp³-hybridized carbons (Fsp3) is 0.500. The molecular formula is C14H22N2O3S. The molecule has 0 saturated heterocycles. The Morgan fingerprint density at radius 1 is 1.30 bits per heavy atom. The molecule has 0 atom stereocenters. The molecule has 5 nitrogen and oxygen atoms in total. The molecule has 0 unspecified atom stereocenters. The second-order valence-corrected chi connectivity index (χ2v) is 7.16. The zero-order chi connectivity index (χ0) is 15.3. The zero-order valence-electron chi connectivity index (χ0n) is 12.4. The highest BCUT2D eigenvalue weighted by molar-refractivity contribution is 7.89. The van der Waals surface area contributed by atoms with Crippen LogP contribution in [0.4, 0.5) is 5.69 Å². The number of anilines is 1. The van der Waals surface area contributed by atoms with Crippen molar-refractivity contribution in [3.63, 3.8) is 0 Å². The van der Waals surface area contributed by atoms with E-state index < -0.39 is 10.0 Å². The van der Waals surface area contributed by atoms with Gasteiger partial charge in [-0.2, -0.15) is 0 Å². The molecular weight excluding hydrogens is 276 g/mol. The summed E-state index contributed by atoms with van der Waals surface area (Å²) in [6, 6.07) is 5.82. The zero-order valence-corrected chi connectivity index (χ0v) is 13.3. The van der Waals surface area contributed by atoms with Gasteiger partial charge in [0.05, 0.1) is 5.75 Å². The second-order valence-electron chi connectivity index (χ2n) is 4.86. The van der Waals surface area contributed by atoms with Gasteiger partial charge in [-0.1, -0.05) is 25.1 Å². The van der Waals surface area contributed by atoms with Gasteiger partial charge in [0, 0.05) is 26.2 Å². The van der Waals surface area contributed by atoms with E-state index in [1.54, 1.807) is 0 Å². The van der Waals surface area contributed by atoms with Crippen LogP contribution in [0.2, 0.25) is 0 Å². The van der Waals surface area contributed by atoms with Crippen molar-refractivity contribution in [1.82, 2.24) is 4.31 Å². The summed E-state index contributed by atoms with van der Waals surface area (Å²) >= 11 is 0. The summed E-state index contributed by atoms with van der Waals surface area (Å²) in [5.74, 6) is -0.460. The summed E-state index contributed by atoms with van der Waals surface area (Å²) in [6.07, 6.45) is 0.769. The normalized spacial score (nSPS) is 11.7. The van der Waals surface area contributed by atoms with Crippen molar-refractivity contribution in [2.45, 2.75) is 26.7 Å². The molecule has 20 heavy (non-hydrogen) atoms. The van der Waals surface area contributed by atoms with Crippen LogP contribution in [0.1, 0.15) is 24.5 Å². The summed E-state index contributed by atoms with van der Waals surface area (Å²) in [7, 11) is -0.415. The maximum Gasteiger partial charge on any atom is 0.225 e. The number of rotatable bonds is 6. The molecule has 0 aromatic heterocycles. The number of carbonyl (C=O) groups is 1. The van der Waals surface area contributed by atoms with Crippen molar-refractivity contribution in [1.29, 1.82) is 0 Å². The predicted molar refractivity (Wildman–Crippen MR) is 81.3 cm³/mol. The van der Waals surface area contributed by atoms with Crippen molar-refractivity contribution in [2.75, 3.05) is 25.2 Å². The lowest BCUT2D eigenvalue weighted by Crippen LogP contribution is -2.27. The summed E-state index contributed by atoms with van der Waals surface area (Å²) in [5, 5.41) is 2.82. The summed E-state index contributed by atoms with van der Waals surface area (Å²) in [5.41, 5.74) is 2.82. The highest BCUT2D eigenvalue weighted by atomic mass is 32.2. The van der Waals surface area contributed by atoms with E-state index in [2.05, 4.69) is 5.32 Å². The molecule has 1 rings (SSSR count). The van der Waals surface area contributed by atoms with Gasteiger partial charge in [-0.3, -0.25) is 4.79 Å². The van der Waals surface area contributed by atoms with Crippen molar-refractivity contribution in [2.24, 2.45) is 0 Å². The van der Waals surface area contributed by atoms with Gasteiger partial charge < -0.3 is 5.32 Å². The molecule has 0 aliphatic carbocycles. The van der Waals surface area contributed by atoms with E-state index in [0.29, 0.717) is 0 Å². The fourth-order valence-corrected chi connectivity index (χ4v) is 2.62. The Balaban J connectivity index is 2.73. The first kappa shape index (κ1) is 16.7. The maximum absolute atomic E-state index is 11.9. The van der Waals surface area contributed by atoms with E-state index in [1.165, 1.54) is 14.1 Å². The van der Waals surface area contributed by atoms with Crippen molar-refractivity contribution >= 4 is 21.6 Å². The topological polar surface area (TPSA) is 66.5 Å². The third-order valence-corrected chi connectivity index (χ3v) is 4.98. The Bertz CT molecular complexity index is 580. The van der Waals surface area contributed by atoms with Gasteiger partial charge in [-0.25, -0.2) is 12.7 Å². The molecule has 1 N–H and O–H groups in total. The van der Waals surface area contributed by atoms with Crippen LogP contribution >= 0.6 is 0 Å². The third kappa shape index (κ3) is 4.31. The fourth-order valence-electron chi connectivity index (χ4n) is 1.81. The Labute approximate surface area is 121 Å². The van der Waals surface area contributed by atoms with Crippen molar-refractivity contribution < 1.29 is 13.2 Å². The van der Waals surface area contributed by atoms with E-state index in [1.807, 2.05) is 32.0 Å². The molecule has 6 heteroatoms. The minimum absolute atomic E-state index is 0.0436. The summed E-state index contributed by atoms with van der Waals surface area (Å²) in [4.78, 5) is 11.9. The number of amides is 1. The quantitative estimate of drug-likeness (QED) is 0.870. The first-order chi connectivity index (χ1) is 9.27. The van der Waals surface area contributed by atoms with Gasteiger partial charge >= 0.3 is 0 Å². The number of hydrogen-bond acceptors (Lipinski definition) is 3. The number of benzene rings is 1. The molecule has 0 heterocycles. The Morgan fingerprint density at radius 3 is 2.50 bits per heavy atom. The van der Waals surface area contributed by atoms with Crippen LogP contribution in [0.3, 0.4) is 0 Å². The second kappa shape index (κ2) is 6.85. The smallest absolute Gasteiger partial charge is 0.225 e. The lowest BCUT2D eigenvalue weighted by atomic mass is 10.1. The first-order valence-corrected chi connectivity index (χ1v) is 8.17. The third-order valence-electron chi connectivity index (χ3n) is 3.15. The number of para-hydroxylation sites is 1. The average molecular weight is 298 g/mol. The molecule has 0 aliphatic heterocycles. The minimum Gasteiger partial charge on any atom is -0.326 e. The highest BCUT2D eigenvalue weighted by Gasteiger charge is 2.16. The van der Waals surface area contributed by atoms with Gasteiger partial charge in [0.15, 0.2) is 0 Å². The molecule has 0 bridgehead atoms. The maximum atomic E-state index is 11.9. The Morgan fingerprint density at radius 2 is 1.95 bits per heavy atom. The summed E-state index contributed by atoms with van der Waals surface area (Å²) in [6.45, 7) is 3.94. The van der Waals surface area contributed by atoms with Crippen molar-refractivity contribution in [3.8, 4) is 0 Å². The molecule has 1 amide bonds. The lowest BCUT2D eigenvalue weighted by molar-refractivity contribution is -0.115. The van der Waals surface area contributed by atoms with Gasteiger partial charge in [-0.15, -0.1) is 0 Å². The number of sulfonamides is 1. The monoisotopic (exact) mass is 298 g/mol. The van der Waals surface area contributed by atoms with Crippen LogP contribution in [0.25, 0.3) is 0 Å². The van der Waals surface area contributed by atoms with Crippen LogP contribution in [0.5, 0.6) is 0 Å². The first-order valence-electron chi connectivity index (χ1n) is 6.56. The van der Waals surface area contributed by atoms with Crippen LogP contribution in [-0.4, -0.2) is 38.5 Å². The number of carbonyl (C=O) groups excluding carboxylic acids is 1. The number of nitrogens with one attached hydrogen (secondary N) is 1. The Kier molecular flexibility index (Phi) is 5.71. The molecule has 1 aromatic rings. The number of aryl methyl sites for hydroxylation is 2. The molecule has 112 valence electrons. The Hall–Kier alpha value is -1.40. The van der Waals surface area contributed by atoms with E-state index in [4.69, 9.17) is 0 Å². The van der Waals surface area contributed by atoms with E-state index in [-0.39, 0.29) is 18.1 Å². The van der Waals surface area contributed by atoms with E-state index >= 15 is 0 Å². The van der Waals surface area contributed by atoms with Crippen LogP contribution in [-0.2, 0) is 21.2 Å². The van der Waals surface area contributed by atoms with Gasteiger partial charge in [0.1, 0.15) is 0 Å². The van der Waals surface area contributed by atoms with Gasteiger partial charge in [0.25, 0.3) is 0 Å². The molecule has 1 aromatic carbocycles. The molecule has 0 aliphatic rings.